The van der Waals surface area contributed by atoms with Crippen LogP contribution in [0.4, 0.5) is 8.78 Å². The molecule has 12 heteroatoms. The van der Waals surface area contributed by atoms with Crippen molar-refractivity contribution in [1.29, 1.82) is 0 Å². The smallest absolute Gasteiger partial charge is 0.387 e. The summed E-state index contributed by atoms with van der Waals surface area (Å²) in [5, 5.41) is 0. The molecule has 1 aliphatic heterocycles. The van der Waals surface area contributed by atoms with Crippen molar-refractivity contribution < 1.29 is 36.3 Å². The maximum absolute atomic E-state index is 12.3. The van der Waals surface area contributed by atoms with E-state index >= 15 is 0 Å². The van der Waals surface area contributed by atoms with Gasteiger partial charge in [-0.15, -0.1) is 0 Å². The highest BCUT2D eigenvalue weighted by molar-refractivity contribution is 7.90. The van der Waals surface area contributed by atoms with Crippen LogP contribution in [0.3, 0.4) is 0 Å². The Morgan fingerprint density at radius 3 is 2.45 bits per heavy atom. The first-order valence-corrected chi connectivity index (χ1v) is 11.2. The molecule has 9 nitrogen and oxygen atoms in total. The highest BCUT2D eigenvalue weighted by Crippen LogP contribution is 2.22. The van der Waals surface area contributed by atoms with Crippen LogP contribution in [-0.2, 0) is 30.9 Å². The van der Waals surface area contributed by atoms with E-state index < -0.39 is 41.2 Å². The van der Waals surface area contributed by atoms with Crippen LogP contribution >= 0.6 is 0 Å². The lowest BCUT2D eigenvalue weighted by atomic mass is 10.2. The van der Waals surface area contributed by atoms with Crippen LogP contribution in [0.2, 0.25) is 0 Å². The number of sulfonamides is 1. The molecule has 1 amide bonds. The van der Waals surface area contributed by atoms with Crippen molar-refractivity contribution in [1.82, 2.24) is 9.62 Å². The van der Waals surface area contributed by atoms with Crippen molar-refractivity contribution in [2.75, 3.05) is 13.7 Å². The predicted octanol–water partition coefficient (Wildman–Crippen LogP) is 1.92. The molecule has 1 atom stereocenters. The Hall–Kier alpha value is -3.54. The lowest BCUT2D eigenvalue weighted by molar-refractivity contribution is -0.152. The van der Waals surface area contributed by atoms with E-state index in [1.807, 2.05) is 0 Å². The average Bonchev–Trinajstić information content (AvgIpc) is 3.02. The summed E-state index contributed by atoms with van der Waals surface area (Å²) >= 11 is 0. The summed E-state index contributed by atoms with van der Waals surface area (Å²) in [4.78, 5) is 30.0. The Bertz CT molecular complexity index is 1170. The molecule has 0 saturated carbocycles. The minimum absolute atomic E-state index is 0.000516. The summed E-state index contributed by atoms with van der Waals surface area (Å²) < 4.78 is 60.2. The first-order chi connectivity index (χ1) is 15.6. The third kappa shape index (κ3) is 6.04. The second kappa shape index (κ2) is 9.94. The zero-order valence-electron chi connectivity index (χ0n) is 17.7. The number of esters is 1. The second-order valence-corrected chi connectivity index (χ2v) is 8.79. The zero-order valence-corrected chi connectivity index (χ0v) is 18.5. The number of aliphatic imine (C=N–C) groups is 1. The van der Waals surface area contributed by atoms with Gasteiger partial charge in [-0.1, -0.05) is 24.3 Å². The molecule has 0 saturated heterocycles. The number of hydrogen-bond donors (Lipinski definition) is 1. The van der Waals surface area contributed by atoms with Gasteiger partial charge in [-0.05, 0) is 36.8 Å². The number of carbonyl (C=O) groups is 2. The molecular weight excluding hydrogens is 460 g/mol. The molecular formula is C21H21F2N3O6S. The molecule has 0 radical (unpaired) electrons. The van der Waals surface area contributed by atoms with Gasteiger partial charge in [-0.3, -0.25) is 14.5 Å². The van der Waals surface area contributed by atoms with Crippen molar-refractivity contribution in [2.45, 2.75) is 31.0 Å². The number of likely N-dealkylation sites (N-methyl/N-ethyl adjacent to an activating group) is 1. The number of ether oxygens (including phenoxy) is 2. The number of alkyl halides is 2. The maximum atomic E-state index is 12.3. The summed E-state index contributed by atoms with van der Waals surface area (Å²) in [6, 6.07) is 10.9. The second-order valence-electron chi connectivity index (χ2n) is 7.14. The van der Waals surface area contributed by atoms with Gasteiger partial charge < -0.3 is 14.4 Å². The van der Waals surface area contributed by atoms with Gasteiger partial charge in [0.15, 0.2) is 6.61 Å². The van der Waals surface area contributed by atoms with Gasteiger partial charge in [-0.25, -0.2) is 13.2 Å². The fraction of sp³-hybridized carbons (Fsp3) is 0.286. The van der Waals surface area contributed by atoms with Gasteiger partial charge in [0.05, 0.1) is 4.90 Å². The average molecular weight is 481 g/mol. The lowest BCUT2D eigenvalue weighted by Crippen LogP contribution is -2.33. The Labute approximate surface area is 189 Å². The molecule has 176 valence electrons. The number of nitrogens with one attached hydrogen (secondary N) is 1. The van der Waals surface area contributed by atoms with Crippen LogP contribution in [0, 0.1) is 0 Å². The first kappa shape index (κ1) is 24.1. The Balaban J connectivity index is 1.54. The fourth-order valence-corrected chi connectivity index (χ4v) is 4.22. The Kier molecular flexibility index (Phi) is 7.26. The van der Waals surface area contributed by atoms with Crippen molar-refractivity contribution in [3.63, 3.8) is 0 Å². The molecule has 0 bridgehead atoms. The van der Waals surface area contributed by atoms with E-state index in [0.29, 0.717) is 11.1 Å². The molecule has 33 heavy (non-hydrogen) atoms. The molecule has 1 aliphatic rings. The van der Waals surface area contributed by atoms with Crippen LogP contribution in [0.1, 0.15) is 18.1 Å². The van der Waals surface area contributed by atoms with Crippen molar-refractivity contribution in [3.05, 3.63) is 59.7 Å². The minimum atomic E-state index is -3.74. The molecule has 1 heterocycles. The van der Waals surface area contributed by atoms with E-state index in [1.165, 1.54) is 49.2 Å². The normalized spacial score (nSPS) is 16.1. The van der Waals surface area contributed by atoms with E-state index in [9.17, 15) is 26.8 Å². The van der Waals surface area contributed by atoms with Crippen molar-refractivity contribution in [2.24, 2.45) is 4.99 Å². The summed E-state index contributed by atoms with van der Waals surface area (Å²) in [7, 11) is -2.25. The van der Waals surface area contributed by atoms with Gasteiger partial charge in [-0.2, -0.15) is 8.78 Å². The van der Waals surface area contributed by atoms with Crippen LogP contribution in [0.5, 0.6) is 5.75 Å². The largest absolute Gasteiger partial charge is 0.454 e. The molecule has 0 aromatic heterocycles. The number of hydrogen-bond acceptors (Lipinski definition) is 7. The number of amidine groups is 1. The van der Waals surface area contributed by atoms with Gasteiger partial charge in [0.2, 0.25) is 0 Å². The van der Waals surface area contributed by atoms with Crippen LogP contribution in [0.15, 0.2) is 58.4 Å². The van der Waals surface area contributed by atoms with Crippen LogP contribution < -0.4 is 9.46 Å². The van der Waals surface area contributed by atoms with E-state index in [0.717, 1.165) is 0 Å². The first-order valence-electron chi connectivity index (χ1n) is 9.71. The third-order valence-corrected chi connectivity index (χ3v) is 6.06. The minimum Gasteiger partial charge on any atom is -0.454 e. The molecule has 0 spiro atoms. The highest BCUT2D eigenvalue weighted by Gasteiger charge is 2.31. The third-order valence-electron chi connectivity index (χ3n) is 4.66. The standard InChI is InChI=1S/C21H21F2N3O6S/c1-13(24-19-16-5-3-4-6-17(16)33(29,30)25-19)20(28)31-12-18(27)26(2)11-14-7-9-15(10-8-14)32-21(22)23/h3-10,13,21H,11-12H2,1-2H3,(H,24,25). The van der Waals surface area contributed by atoms with Crippen molar-refractivity contribution in [3.8, 4) is 5.75 Å². The van der Waals surface area contributed by atoms with Crippen LogP contribution in [0.25, 0.3) is 0 Å². The van der Waals surface area contributed by atoms with Gasteiger partial charge in [0.1, 0.15) is 17.6 Å². The summed E-state index contributed by atoms with van der Waals surface area (Å²) in [5.41, 5.74) is 1.00. The number of rotatable bonds is 8. The molecule has 1 N–H and O–H groups in total. The van der Waals surface area contributed by atoms with E-state index in [4.69, 9.17) is 4.74 Å². The maximum Gasteiger partial charge on any atom is 0.387 e. The molecule has 3 rings (SSSR count). The molecule has 2 aromatic carbocycles. The Morgan fingerprint density at radius 1 is 1.12 bits per heavy atom. The SMILES string of the molecule is CC(N=C1NS(=O)(=O)c2ccccc21)C(=O)OCC(=O)N(C)Cc1ccc(OC(F)F)cc1. The fourth-order valence-electron chi connectivity index (χ4n) is 2.98. The number of benzene rings is 2. The summed E-state index contributed by atoms with van der Waals surface area (Å²) in [6.45, 7) is -1.89. The molecule has 0 aliphatic carbocycles. The zero-order chi connectivity index (χ0) is 24.2. The lowest BCUT2D eigenvalue weighted by Gasteiger charge is -2.18. The number of halogens is 2. The molecule has 1 unspecified atom stereocenters. The quantitative estimate of drug-likeness (QED) is 0.577. The predicted molar refractivity (Wildman–Crippen MR) is 113 cm³/mol. The van der Waals surface area contributed by atoms with Gasteiger partial charge in [0.25, 0.3) is 15.9 Å². The van der Waals surface area contributed by atoms with Crippen molar-refractivity contribution >= 4 is 27.7 Å². The van der Waals surface area contributed by atoms with Gasteiger partial charge >= 0.3 is 12.6 Å². The van der Waals surface area contributed by atoms with E-state index in [1.54, 1.807) is 18.2 Å². The van der Waals surface area contributed by atoms with Gasteiger partial charge in [0, 0.05) is 19.2 Å². The summed E-state index contributed by atoms with van der Waals surface area (Å²) in [5.74, 6) is -1.28. The topological polar surface area (TPSA) is 114 Å². The van der Waals surface area contributed by atoms with Crippen LogP contribution in [-0.4, -0.2) is 57.3 Å². The van der Waals surface area contributed by atoms with E-state index in [-0.39, 0.29) is 23.0 Å². The monoisotopic (exact) mass is 481 g/mol. The molecule has 0 fully saturated rings. The Morgan fingerprint density at radius 2 is 1.79 bits per heavy atom. The van der Waals surface area contributed by atoms with E-state index in [2.05, 4.69) is 14.5 Å². The summed E-state index contributed by atoms with van der Waals surface area (Å²) in [6.07, 6.45) is 0. The number of nitrogens with zero attached hydrogens (tertiary/aromatic N) is 2. The molecule has 2 aromatic rings. The number of carbonyl (C=O) groups excluding carboxylic acids is 2. The number of amides is 1. The highest BCUT2D eigenvalue weighted by atomic mass is 32.2. The number of fused-ring (bicyclic) bond motifs is 1.